The maximum Gasteiger partial charge on any atom is 0.416 e. The third kappa shape index (κ3) is 5.38. The molecule has 0 unspecified atom stereocenters. The molecule has 1 heterocycles. The Kier molecular flexibility index (Phi) is 6.40. The van der Waals surface area contributed by atoms with Crippen LogP contribution in [0.2, 0.25) is 0 Å². The van der Waals surface area contributed by atoms with Crippen molar-refractivity contribution in [3.63, 3.8) is 0 Å². The van der Waals surface area contributed by atoms with Crippen molar-refractivity contribution in [1.82, 2.24) is 10.2 Å². The van der Waals surface area contributed by atoms with Gasteiger partial charge in [0.25, 0.3) is 0 Å². The molecule has 2 amide bonds. The van der Waals surface area contributed by atoms with Crippen LogP contribution in [0.3, 0.4) is 0 Å². The van der Waals surface area contributed by atoms with Gasteiger partial charge in [-0.2, -0.15) is 13.2 Å². The first-order valence-electron chi connectivity index (χ1n) is 8.57. The van der Waals surface area contributed by atoms with Crippen molar-refractivity contribution in [2.24, 2.45) is 0 Å². The van der Waals surface area contributed by atoms with E-state index in [0.29, 0.717) is 22.9 Å². The minimum absolute atomic E-state index is 0.0115. The van der Waals surface area contributed by atoms with E-state index >= 15 is 0 Å². The van der Waals surface area contributed by atoms with Crippen molar-refractivity contribution in [2.75, 3.05) is 24.9 Å². The van der Waals surface area contributed by atoms with Gasteiger partial charge in [-0.1, -0.05) is 23.5 Å². The molecule has 3 aromatic rings. The maximum absolute atomic E-state index is 12.8. The average molecular weight is 438 g/mol. The van der Waals surface area contributed by atoms with Gasteiger partial charge in [-0.3, -0.25) is 5.32 Å². The molecule has 158 valence electrons. The van der Waals surface area contributed by atoms with E-state index in [1.54, 1.807) is 13.2 Å². The quantitative estimate of drug-likeness (QED) is 0.577. The molecule has 3 rings (SSSR count). The summed E-state index contributed by atoms with van der Waals surface area (Å²) in [5, 5.41) is 13.6. The highest BCUT2D eigenvalue weighted by atomic mass is 32.1. The predicted octanol–water partition coefficient (Wildman–Crippen LogP) is 4.81. The zero-order chi connectivity index (χ0) is 21.7. The van der Waals surface area contributed by atoms with Gasteiger partial charge in [0, 0.05) is 12.1 Å². The van der Waals surface area contributed by atoms with Crippen molar-refractivity contribution in [3.8, 4) is 11.5 Å². The smallest absolute Gasteiger partial charge is 0.416 e. The number of carbonyl (C=O) groups is 1. The van der Waals surface area contributed by atoms with Crippen LogP contribution < -0.4 is 20.1 Å². The Hall–Kier alpha value is -3.34. The number of ether oxygens (including phenoxy) is 2. The Balaban J connectivity index is 1.62. The highest BCUT2D eigenvalue weighted by Crippen LogP contribution is 2.31. The lowest BCUT2D eigenvalue weighted by Crippen LogP contribution is -2.19. The molecule has 2 aromatic carbocycles. The number of rotatable bonds is 6. The van der Waals surface area contributed by atoms with Crippen LogP contribution in [0.15, 0.2) is 42.5 Å². The second-order valence-electron chi connectivity index (χ2n) is 6.02. The Morgan fingerprint density at radius 3 is 2.50 bits per heavy atom. The number of anilines is 2. The van der Waals surface area contributed by atoms with Crippen LogP contribution in [0.4, 0.5) is 28.8 Å². The second-order valence-corrected chi connectivity index (χ2v) is 7.09. The monoisotopic (exact) mass is 438 g/mol. The van der Waals surface area contributed by atoms with Crippen molar-refractivity contribution in [1.29, 1.82) is 0 Å². The summed E-state index contributed by atoms with van der Waals surface area (Å²) in [5.41, 5.74) is 0.0644. The molecule has 1 aromatic heterocycles. The molecule has 0 spiro atoms. The lowest BCUT2D eigenvalue weighted by atomic mass is 10.1. The molecule has 0 saturated heterocycles. The van der Waals surface area contributed by atoms with Gasteiger partial charge in [-0.05, 0) is 35.9 Å². The van der Waals surface area contributed by atoms with E-state index in [0.717, 1.165) is 29.0 Å². The third-order valence-corrected chi connectivity index (χ3v) is 4.78. The van der Waals surface area contributed by atoms with Gasteiger partial charge in [-0.15, -0.1) is 10.2 Å². The number of hydrogen-bond donors (Lipinski definition) is 2. The van der Waals surface area contributed by atoms with Crippen LogP contribution in [0.1, 0.15) is 16.1 Å². The third-order valence-electron chi connectivity index (χ3n) is 3.94. The molecule has 0 aliphatic heterocycles. The highest BCUT2D eigenvalue weighted by Gasteiger charge is 2.30. The number of urea groups is 1. The molecule has 0 radical (unpaired) electrons. The highest BCUT2D eigenvalue weighted by molar-refractivity contribution is 7.15. The Morgan fingerprint density at radius 2 is 1.80 bits per heavy atom. The molecule has 0 bridgehead atoms. The number of methoxy groups -OCH3 is 2. The molecule has 30 heavy (non-hydrogen) atoms. The second kappa shape index (κ2) is 8.99. The minimum atomic E-state index is -4.49. The van der Waals surface area contributed by atoms with E-state index in [1.807, 2.05) is 12.1 Å². The van der Waals surface area contributed by atoms with Crippen molar-refractivity contribution < 1.29 is 27.4 Å². The topological polar surface area (TPSA) is 85.4 Å². The summed E-state index contributed by atoms with van der Waals surface area (Å²) in [4.78, 5) is 12.1. The Morgan fingerprint density at radius 1 is 1.03 bits per heavy atom. The zero-order valence-electron chi connectivity index (χ0n) is 15.9. The maximum atomic E-state index is 12.8. The molecular formula is C19H17F3N4O3S. The molecule has 0 aliphatic carbocycles. The normalized spacial score (nSPS) is 11.1. The van der Waals surface area contributed by atoms with Gasteiger partial charge in [0.15, 0.2) is 11.5 Å². The summed E-state index contributed by atoms with van der Waals surface area (Å²) < 4.78 is 48.8. The first kappa shape index (κ1) is 21.4. The number of aromatic nitrogens is 2. The molecule has 0 saturated carbocycles. The van der Waals surface area contributed by atoms with Crippen LogP contribution in [-0.4, -0.2) is 30.4 Å². The largest absolute Gasteiger partial charge is 0.493 e. The van der Waals surface area contributed by atoms with Crippen LogP contribution in [0, 0.1) is 0 Å². The van der Waals surface area contributed by atoms with Gasteiger partial charge in [0.05, 0.1) is 19.8 Å². The molecule has 0 fully saturated rings. The number of halogens is 3. The first-order chi connectivity index (χ1) is 14.3. The fourth-order valence-corrected chi connectivity index (χ4v) is 3.34. The summed E-state index contributed by atoms with van der Waals surface area (Å²) in [7, 11) is 3.09. The number of hydrogen-bond acceptors (Lipinski definition) is 6. The lowest BCUT2D eigenvalue weighted by molar-refractivity contribution is -0.137. The first-order valence-corrected chi connectivity index (χ1v) is 9.38. The average Bonchev–Trinajstić information content (AvgIpc) is 3.13. The van der Waals surface area contributed by atoms with E-state index < -0.39 is 17.8 Å². The number of benzene rings is 2. The van der Waals surface area contributed by atoms with Crippen LogP contribution in [-0.2, 0) is 12.6 Å². The molecule has 0 aliphatic rings. The van der Waals surface area contributed by atoms with E-state index in [1.165, 1.54) is 19.2 Å². The van der Waals surface area contributed by atoms with Gasteiger partial charge >= 0.3 is 12.2 Å². The number of nitrogens with one attached hydrogen (secondary N) is 2. The summed E-state index contributed by atoms with van der Waals surface area (Å²) in [6.07, 6.45) is -4.04. The zero-order valence-corrected chi connectivity index (χ0v) is 16.7. The lowest BCUT2D eigenvalue weighted by Gasteiger charge is -2.09. The molecule has 7 nitrogen and oxygen atoms in total. The van der Waals surface area contributed by atoms with Crippen LogP contribution >= 0.6 is 11.3 Å². The predicted molar refractivity (Wildman–Crippen MR) is 106 cm³/mol. The minimum Gasteiger partial charge on any atom is -0.493 e. The molecule has 11 heteroatoms. The number of amides is 2. The molecule has 2 N–H and O–H groups in total. The van der Waals surface area contributed by atoms with Gasteiger partial charge < -0.3 is 14.8 Å². The number of nitrogens with zero attached hydrogens (tertiary/aromatic N) is 2. The summed E-state index contributed by atoms with van der Waals surface area (Å²) in [6, 6.07) is 9.07. The van der Waals surface area contributed by atoms with Gasteiger partial charge in [-0.25, -0.2) is 4.79 Å². The van der Waals surface area contributed by atoms with E-state index in [-0.39, 0.29) is 10.8 Å². The van der Waals surface area contributed by atoms with Gasteiger partial charge in [0.2, 0.25) is 5.13 Å². The number of carbonyl (C=O) groups excluding carboxylic acids is 1. The van der Waals surface area contributed by atoms with Crippen LogP contribution in [0.25, 0.3) is 0 Å². The summed E-state index contributed by atoms with van der Waals surface area (Å²) >= 11 is 1.15. The Bertz CT molecular complexity index is 1040. The molecule has 0 atom stereocenters. The van der Waals surface area contributed by atoms with Crippen molar-refractivity contribution >= 4 is 28.2 Å². The summed E-state index contributed by atoms with van der Waals surface area (Å²) in [5.74, 6) is 1.19. The fourth-order valence-electron chi connectivity index (χ4n) is 2.57. The SMILES string of the molecule is COc1ccc(Cc2nnc(NC(=O)Nc3cccc(C(F)(F)F)c3)s2)cc1OC. The Labute approximate surface area is 173 Å². The fraction of sp³-hybridized carbons (Fsp3) is 0.211. The standard InChI is InChI=1S/C19H17F3N4O3S/c1-28-14-7-6-11(8-15(14)29-2)9-16-25-26-18(30-16)24-17(27)23-13-5-3-4-12(10-13)19(20,21)22/h3-8,10H,9H2,1-2H3,(H2,23,24,26,27). The number of alkyl halides is 3. The van der Waals surface area contributed by atoms with Gasteiger partial charge in [0.1, 0.15) is 5.01 Å². The van der Waals surface area contributed by atoms with Crippen molar-refractivity contribution in [3.05, 3.63) is 58.6 Å². The van der Waals surface area contributed by atoms with E-state index in [9.17, 15) is 18.0 Å². The van der Waals surface area contributed by atoms with Crippen LogP contribution in [0.5, 0.6) is 11.5 Å². The molecular weight excluding hydrogens is 421 g/mol. The summed E-state index contributed by atoms with van der Waals surface area (Å²) in [6.45, 7) is 0. The van der Waals surface area contributed by atoms with E-state index in [2.05, 4.69) is 20.8 Å². The van der Waals surface area contributed by atoms with Crippen molar-refractivity contribution in [2.45, 2.75) is 12.6 Å². The van der Waals surface area contributed by atoms with E-state index in [4.69, 9.17) is 9.47 Å².